The van der Waals surface area contributed by atoms with Crippen LogP contribution in [0.3, 0.4) is 0 Å². The Balaban J connectivity index is 2.08. The van der Waals surface area contributed by atoms with Gasteiger partial charge in [-0.2, -0.15) is 13.9 Å². The predicted octanol–water partition coefficient (Wildman–Crippen LogP) is 3.31. The molecule has 3 aromatic rings. The number of H-pyrrole nitrogens is 1. The zero-order valence-corrected chi connectivity index (χ0v) is 13.1. The molecule has 0 fully saturated rings. The molecule has 0 unspecified atom stereocenters. The minimum Gasteiger partial charge on any atom is -0.497 e. The average Bonchev–Trinajstić information content (AvgIpc) is 3.15. The van der Waals surface area contributed by atoms with Gasteiger partial charge in [0.25, 0.3) is 0 Å². The molecule has 8 heteroatoms. The second kappa shape index (κ2) is 7.08. The van der Waals surface area contributed by atoms with Crippen LogP contribution in [0.15, 0.2) is 48.8 Å². The van der Waals surface area contributed by atoms with Crippen molar-refractivity contribution in [3.63, 3.8) is 0 Å². The van der Waals surface area contributed by atoms with E-state index in [0.29, 0.717) is 16.9 Å². The summed E-state index contributed by atoms with van der Waals surface area (Å²) in [6.45, 7) is -3.01. The highest BCUT2D eigenvalue weighted by Gasteiger charge is 2.18. The Labute approximate surface area is 141 Å². The highest BCUT2D eigenvalue weighted by Crippen LogP contribution is 2.32. The molecule has 0 spiro atoms. The molecule has 0 aliphatic rings. The van der Waals surface area contributed by atoms with Gasteiger partial charge in [-0.25, -0.2) is 4.98 Å². The highest BCUT2D eigenvalue weighted by atomic mass is 19.3. The normalized spacial score (nSPS) is 10.7. The average molecular weight is 345 g/mol. The van der Waals surface area contributed by atoms with Crippen molar-refractivity contribution in [2.45, 2.75) is 6.61 Å². The molecule has 128 valence electrons. The van der Waals surface area contributed by atoms with Crippen LogP contribution in [0.2, 0.25) is 0 Å². The topological polar surface area (TPSA) is 77.1 Å². The number of ether oxygens (including phenoxy) is 2. The summed E-state index contributed by atoms with van der Waals surface area (Å²) < 4.78 is 35.1. The van der Waals surface area contributed by atoms with Crippen LogP contribution >= 0.6 is 0 Å². The number of nitrogens with zero attached hydrogens (tertiary/aromatic N) is 2. The van der Waals surface area contributed by atoms with Crippen LogP contribution in [0.25, 0.3) is 11.3 Å². The molecular weight excluding hydrogens is 332 g/mol. The molecule has 2 aromatic heterocycles. The van der Waals surface area contributed by atoms with Gasteiger partial charge in [-0.1, -0.05) is 12.1 Å². The molecule has 0 bridgehead atoms. The number of ketones is 1. The fourth-order valence-electron chi connectivity index (χ4n) is 2.26. The number of pyridine rings is 1. The van der Waals surface area contributed by atoms with E-state index in [2.05, 4.69) is 19.9 Å². The maximum Gasteiger partial charge on any atom is 0.387 e. The number of benzene rings is 1. The summed E-state index contributed by atoms with van der Waals surface area (Å²) in [5, 5.41) is 6.26. The van der Waals surface area contributed by atoms with Crippen LogP contribution in [-0.2, 0) is 0 Å². The summed E-state index contributed by atoms with van der Waals surface area (Å²) in [6.07, 6.45) is 2.79. The summed E-state index contributed by atoms with van der Waals surface area (Å²) in [7, 11) is 1.49. The summed E-state index contributed by atoms with van der Waals surface area (Å²) in [5.74, 6) is 0.00218. The fraction of sp³-hybridized carbons (Fsp3) is 0.118. The summed E-state index contributed by atoms with van der Waals surface area (Å²) >= 11 is 0. The van der Waals surface area contributed by atoms with Crippen LogP contribution in [0.5, 0.6) is 11.5 Å². The van der Waals surface area contributed by atoms with Crippen LogP contribution in [0, 0.1) is 0 Å². The van der Waals surface area contributed by atoms with Crippen LogP contribution in [0.4, 0.5) is 8.78 Å². The standard InChI is InChI=1S/C17H13F2N3O3/c1-24-12-4-2-3-10(7-12)15-14(25-17(18)19)6-5-13(22-15)16(23)11-8-20-21-9-11/h2-9,17H,1H3,(H,20,21). The number of carbonyl (C=O) groups is 1. The van der Waals surface area contributed by atoms with Crippen LogP contribution in [-0.4, -0.2) is 34.7 Å². The number of methoxy groups -OCH3 is 1. The van der Waals surface area contributed by atoms with Gasteiger partial charge in [-0.3, -0.25) is 9.89 Å². The number of nitrogens with one attached hydrogen (secondary N) is 1. The number of aromatic amines is 1. The van der Waals surface area contributed by atoms with Crippen molar-refractivity contribution < 1.29 is 23.0 Å². The van der Waals surface area contributed by atoms with Gasteiger partial charge >= 0.3 is 6.61 Å². The first-order chi connectivity index (χ1) is 12.1. The number of alkyl halides is 2. The van der Waals surface area contributed by atoms with E-state index < -0.39 is 6.61 Å². The Morgan fingerprint density at radius 1 is 1.24 bits per heavy atom. The molecule has 2 heterocycles. The van der Waals surface area contributed by atoms with Crippen molar-refractivity contribution in [3.8, 4) is 22.8 Å². The molecule has 0 radical (unpaired) electrons. The third-order valence-electron chi connectivity index (χ3n) is 3.41. The molecule has 1 N–H and O–H groups in total. The second-order valence-corrected chi connectivity index (χ2v) is 4.97. The lowest BCUT2D eigenvalue weighted by molar-refractivity contribution is -0.0496. The zero-order valence-electron chi connectivity index (χ0n) is 13.1. The lowest BCUT2D eigenvalue weighted by Gasteiger charge is -2.12. The lowest BCUT2D eigenvalue weighted by Crippen LogP contribution is -2.08. The van der Waals surface area contributed by atoms with E-state index >= 15 is 0 Å². The molecular formula is C17H13F2N3O3. The van der Waals surface area contributed by atoms with Crippen molar-refractivity contribution in [3.05, 3.63) is 60.0 Å². The summed E-state index contributed by atoms with van der Waals surface area (Å²) in [6, 6.07) is 9.30. The van der Waals surface area contributed by atoms with E-state index in [0.717, 1.165) is 0 Å². The Kier molecular flexibility index (Phi) is 4.69. The van der Waals surface area contributed by atoms with Gasteiger partial charge in [0.2, 0.25) is 5.78 Å². The number of rotatable bonds is 6. The molecule has 0 aliphatic heterocycles. The molecule has 0 amide bonds. The van der Waals surface area contributed by atoms with Gasteiger partial charge in [0.1, 0.15) is 17.1 Å². The molecule has 1 aromatic carbocycles. The smallest absolute Gasteiger partial charge is 0.387 e. The van der Waals surface area contributed by atoms with Crippen molar-refractivity contribution >= 4 is 5.78 Å². The SMILES string of the molecule is COc1cccc(-c2nc(C(=O)c3cn[nH]c3)ccc2OC(F)F)c1. The first-order valence-electron chi connectivity index (χ1n) is 7.22. The van der Waals surface area contributed by atoms with E-state index in [1.807, 2.05) is 0 Å². The van der Waals surface area contributed by atoms with Gasteiger partial charge in [0.05, 0.1) is 18.9 Å². The van der Waals surface area contributed by atoms with E-state index in [-0.39, 0.29) is 22.9 Å². The molecule has 0 saturated carbocycles. The number of halogens is 2. The zero-order chi connectivity index (χ0) is 17.8. The lowest BCUT2D eigenvalue weighted by atomic mass is 10.1. The minimum absolute atomic E-state index is 0.0841. The molecule has 0 saturated heterocycles. The van der Waals surface area contributed by atoms with E-state index in [1.165, 1.54) is 31.6 Å². The Bertz CT molecular complexity index is 883. The van der Waals surface area contributed by atoms with E-state index in [1.54, 1.807) is 24.3 Å². The van der Waals surface area contributed by atoms with Crippen LogP contribution < -0.4 is 9.47 Å². The third-order valence-corrected chi connectivity index (χ3v) is 3.41. The van der Waals surface area contributed by atoms with Gasteiger partial charge in [0, 0.05) is 11.8 Å². The van der Waals surface area contributed by atoms with Crippen LogP contribution in [0.1, 0.15) is 16.1 Å². The Morgan fingerprint density at radius 2 is 2.08 bits per heavy atom. The molecule has 0 atom stereocenters. The number of carbonyl (C=O) groups excluding carboxylic acids is 1. The van der Waals surface area contributed by atoms with Gasteiger partial charge in [-0.05, 0) is 24.3 Å². The number of hydrogen-bond acceptors (Lipinski definition) is 5. The van der Waals surface area contributed by atoms with Crippen molar-refractivity contribution in [2.75, 3.05) is 7.11 Å². The number of hydrogen-bond donors (Lipinski definition) is 1. The van der Waals surface area contributed by atoms with Crippen molar-refractivity contribution in [2.24, 2.45) is 0 Å². The minimum atomic E-state index is -3.01. The van der Waals surface area contributed by atoms with Gasteiger partial charge in [0.15, 0.2) is 5.75 Å². The third kappa shape index (κ3) is 3.63. The molecule has 0 aliphatic carbocycles. The largest absolute Gasteiger partial charge is 0.497 e. The maximum absolute atomic E-state index is 12.7. The molecule has 6 nitrogen and oxygen atoms in total. The molecule has 3 rings (SSSR count). The van der Waals surface area contributed by atoms with Gasteiger partial charge in [-0.15, -0.1) is 0 Å². The number of aromatic nitrogens is 3. The highest BCUT2D eigenvalue weighted by molar-refractivity contribution is 6.07. The Hall–Kier alpha value is -3.29. The van der Waals surface area contributed by atoms with Crippen molar-refractivity contribution in [1.29, 1.82) is 0 Å². The summed E-state index contributed by atoms with van der Waals surface area (Å²) in [5.41, 5.74) is 0.998. The van der Waals surface area contributed by atoms with Gasteiger partial charge < -0.3 is 9.47 Å². The van der Waals surface area contributed by atoms with Crippen molar-refractivity contribution in [1.82, 2.24) is 15.2 Å². The quantitative estimate of drug-likeness (QED) is 0.694. The van der Waals surface area contributed by atoms with E-state index in [4.69, 9.17) is 4.74 Å². The monoisotopic (exact) mass is 345 g/mol. The van der Waals surface area contributed by atoms with E-state index in [9.17, 15) is 13.6 Å². The summed E-state index contributed by atoms with van der Waals surface area (Å²) in [4.78, 5) is 16.6. The molecule has 25 heavy (non-hydrogen) atoms. The maximum atomic E-state index is 12.7. The Morgan fingerprint density at radius 3 is 2.76 bits per heavy atom. The second-order valence-electron chi connectivity index (χ2n) is 4.97. The predicted molar refractivity (Wildman–Crippen MR) is 84.9 cm³/mol. The fourth-order valence-corrected chi connectivity index (χ4v) is 2.26. The first-order valence-corrected chi connectivity index (χ1v) is 7.22. The first kappa shape index (κ1) is 16.6.